The number of hydrogen-bond acceptors (Lipinski definition) is 3. The molecule has 4 nitrogen and oxygen atoms in total. The molecule has 0 aliphatic rings. The molecule has 2 aromatic carbocycles. The number of amides is 1. The first-order chi connectivity index (χ1) is 9.54. The van der Waals surface area contributed by atoms with E-state index in [1.165, 1.54) is 0 Å². The largest absolute Gasteiger partial charge is 0.508 e. The van der Waals surface area contributed by atoms with Crippen molar-refractivity contribution in [1.82, 2.24) is 0 Å². The molecule has 0 aliphatic carbocycles. The van der Waals surface area contributed by atoms with Gasteiger partial charge in [0, 0.05) is 11.3 Å². The van der Waals surface area contributed by atoms with E-state index in [-0.39, 0.29) is 23.1 Å². The molecule has 0 aliphatic heterocycles. The molecule has 0 heterocycles. The predicted molar refractivity (Wildman–Crippen MR) is 82.8 cm³/mol. The first kappa shape index (κ1) is 14.0. The maximum atomic E-state index is 11.9. The Morgan fingerprint density at radius 1 is 1.20 bits per heavy atom. The number of phenols is 1. The maximum Gasteiger partial charge on any atom is 0.228 e. The standard InChI is InChI=1S/C15H14N2O2S/c16-15(20)11-4-2-5-12(9-11)17-14(19)8-10-3-1-6-13(18)7-10/h1-7,9,18H,8H2,(H2,16,20)(H,17,19). The lowest BCUT2D eigenvalue weighted by molar-refractivity contribution is -0.115. The highest BCUT2D eigenvalue weighted by molar-refractivity contribution is 7.80. The van der Waals surface area contributed by atoms with Crippen molar-refractivity contribution < 1.29 is 9.90 Å². The summed E-state index contributed by atoms with van der Waals surface area (Å²) in [6, 6.07) is 13.7. The van der Waals surface area contributed by atoms with E-state index in [4.69, 9.17) is 18.0 Å². The molecule has 0 saturated heterocycles. The second kappa shape index (κ2) is 6.16. The highest BCUT2D eigenvalue weighted by Crippen LogP contribution is 2.14. The van der Waals surface area contributed by atoms with Crippen LogP contribution in [-0.4, -0.2) is 16.0 Å². The van der Waals surface area contributed by atoms with Crippen LogP contribution in [0.3, 0.4) is 0 Å². The van der Waals surface area contributed by atoms with Crippen LogP contribution >= 0.6 is 12.2 Å². The molecule has 102 valence electrons. The molecule has 0 fully saturated rings. The maximum absolute atomic E-state index is 11.9. The van der Waals surface area contributed by atoms with Gasteiger partial charge in [-0.05, 0) is 29.8 Å². The highest BCUT2D eigenvalue weighted by Gasteiger charge is 2.06. The minimum atomic E-state index is -0.171. The molecule has 0 saturated carbocycles. The second-order valence-corrected chi connectivity index (χ2v) is 4.78. The number of aromatic hydroxyl groups is 1. The van der Waals surface area contributed by atoms with Crippen LogP contribution in [0, 0.1) is 0 Å². The molecule has 2 aromatic rings. The van der Waals surface area contributed by atoms with Gasteiger partial charge in [0.2, 0.25) is 5.91 Å². The number of thiocarbonyl (C=S) groups is 1. The summed E-state index contributed by atoms with van der Waals surface area (Å²) in [5.41, 5.74) is 7.63. The van der Waals surface area contributed by atoms with Crippen LogP contribution in [0.15, 0.2) is 48.5 Å². The minimum absolute atomic E-state index is 0.144. The number of phenolic OH excluding ortho intramolecular Hbond substituents is 1. The van der Waals surface area contributed by atoms with E-state index < -0.39 is 0 Å². The number of carbonyl (C=O) groups excluding carboxylic acids is 1. The molecule has 2 rings (SSSR count). The van der Waals surface area contributed by atoms with Gasteiger partial charge >= 0.3 is 0 Å². The number of nitrogens with one attached hydrogen (secondary N) is 1. The van der Waals surface area contributed by atoms with Crippen LogP contribution in [0.2, 0.25) is 0 Å². The van der Waals surface area contributed by atoms with E-state index in [1.54, 1.807) is 48.5 Å². The lowest BCUT2D eigenvalue weighted by Gasteiger charge is -2.07. The highest BCUT2D eigenvalue weighted by atomic mass is 32.1. The molecular formula is C15H14N2O2S. The van der Waals surface area contributed by atoms with Crippen LogP contribution in [0.1, 0.15) is 11.1 Å². The van der Waals surface area contributed by atoms with Gasteiger partial charge in [-0.3, -0.25) is 4.79 Å². The fraction of sp³-hybridized carbons (Fsp3) is 0.0667. The molecule has 4 N–H and O–H groups in total. The van der Waals surface area contributed by atoms with Crippen LogP contribution < -0.4 is 11.1 Å². The molecule has 5 heteroatoms. The van der Waals surface area contributed by atoms with Gasteiger partial charge in [0.15, 0.2) is 0 Å². The quantitative estimate of drug-likeness (QED) is 0.753. The lowest BCUT2D eigenvalue weighted by Crippen LogP contribution is -2.15. The Bertz CT molecular complexity index is 656. The SMILES string of the molecule is NC(=S)c1cccc(NC(=O)Cc2cccc(O)c2)c1. The van der Waals surface area contributed by atoms with Gasteiger partial charge < -0.3 is 16.2 Å². The van der Waals surface area contributed by atoms with Crippen molar-refractivity contribution in [3.8, 4) is 5.75 Å². The molecule has 0 radical (unpaired) electrons. The van der Waals surface area contributed by atoms with Crippen molar-refractivity contribution in [2.24, 2.45) is 5.73 Å². The molecular weight excluding hydrogens is 272 g/mol. The van der Waals surface area contributed by atoms with E-state index in [2.05, 4.69) is 5.32 Å². The Morgan fingerprint density at radius 3 is 2.65 bits per heavy atom. The molecule has 0 atom stereocenters. The van der Waals surface area contributed by atoms with Crippen LogP contribution in [0.4, 0.5) is 5.69 Å². The average molecular weight is 286 g/mol. The summed E-state index contributed by atoms with van der Waals surface area (Å²) < 4.78 is 0. The number of rotatable bonds is 4. The number of carbonyl (C=O) groups is 1. The zero-order valence-corrected chi connectivity index (χ0v) is 11.5. The van der Waals surface area contributed by atoms with E-state index in [9.17, 15) is 9.90 Å². The molecule has 20 heavy (non-hydrogen) atoms. The predicted octanol–water partition coefficient (Wildman–Crippen LogP) is 2.21. The summed E-state index contributed by atoms with van der Waals surface area (Å²) in [6.07, 6.45) is 0.186. The van der Waals surface area contributed by atoms with Gasteiger partial charge in [-0.2, -0.15) is 0 Å². The van der Waals surface area contributed by atoms with Crippen molar-refractivity contribution in [2.45, 2.75) is 6.42 Å². The van der Waals surface area contributed by atoms with E-state index in [0.29, 0.717) is 11.3 Å². The van der Waals surface area contributed by atoms with Gasteiger partial charge in [0.25, 0.3) is 0 Å². The van der Waals surface area contributed by atoms with Crippen LogP contribution in [-0.2, 0) is 11.2 Å². The normalized spacial score (nSPS) is 10.0. The van der Waals surface area contributed by atoms with Gasteiger partial charge in [-0.25, -0.2) is 0 Å². The fourth-order valence-corrected chi connectivity index (χ4v) is 1.93. The number of benzene rings is 2. The Kier molecular flexibility index (Phi) is 4.32. The van der Waals surface area contributed by atoms with E-state index in [1.807, 2.05) is 0 Å². The molecule has 0 unspecified atom stereocenters. The van der Waals surface area contributed by atoms with Crippen molar-refractivity contribution in [1.29, 1.82) is 0 Å². The summed E-state index contributed by atoms with van der Waals surface area (Å²) in [7, 11) is 0. The Hall–Kier alpha value is -2.40. The fourth-order valence-electron chi connectivity index (χ4n) is 1.81. The first-order valence-electron chi connectivity index (χ1n) is 6.02. The van der Waals surface area contributed by atoms with Crippen molar-refractivity contribution in [2.75, 3.05) is 5.32 Å². The van der Waals surface area contributed by atoms with E-state index in [0.717, 1.165) is 5.56 Å². The molecule has 0 aromatic heterocycles. The summed E-state index contributed by atoms with van der Waals surface area (Å²) in [4.78, 5) is 12.2. The lowest BCUT2D eigenvalue weighted by atomic mass is 10.1. The van der Waals surface area contributed by atoms with Gasteiger partial charge in [0.05, 0.1) is 6.42 Å². The zero-order valence-electron chi connectivity index (χ0n) is 10.7. The van der Waals surface area contributed by atoms with Gasteiger partial charge in [0.1, 0.15) is 10.7 Å². The van der Waals surface area contributed by atoms with Crippen LogP contribution in [0.5, 0.6) is 5.75 Å². The van der Waals surface area contributed by atoms with Crippen LogP contribution in [0.25, 0.3) is 0 Å². The summed E-state index contributed by atoms with van der Waals surface area (Å²) in [6.45, 7) is 0. The van der Waals surface area contributed by atoms with E-state index >= 15 is 0 Å². The first-order valence-corrected chi connectivity index (χ1v) is 6.43. The summed E-state index contributed by atoms with van der Waals surface area (Å²) in [5, 5.41) is 12.1. The molecule has 0 spiro atoms. The Labute approximate surface area is 122 Å². The smallest absolute Gasteiger partial charge is 0.228 e. The number of nitrogens with two attached hydrogens (primary N) is 1. The zero-order chi connectivity index (χ0) is 14.5. The van der Waals surface area contributed by atoms with Crippen molar-refractivity contribution in [3.05, 3.63) is 59.7 Å². The van der Waals surface area contributed by atoms with Crippen molar-refractivity contribution in [3.63, 3.8) is 0 Å². The molecule has 0 bridgehead atoms. The number of hydrogen-bond donors (Lipinski definition) is 3. The Morgan fingerprint density at radius 2 is 1.95 bits per heavy atom. The van der Waals surface area contributed by atoms with Gasteiger partial charge in [-0.15, -0.1) is 0 Å². The second-order valence-electron chi connectivity index (χ2n) is 4.34. The molecule has 1 amide bonds. The Balaban J connectivity index is 2.04. The average Bonchev–Trinajstić information content (AvgIpc) is 2.38. The summed E-state index contributed by atoms with van der Waals surface area (Å²) >= 11 is 4.89. The number of anilines is 1. The topological polar surface area (TPSA) is 75.3 Å². The minimum Gasteiger partial charge on any atom is -0.508 e. The monoisotopic (exact) mass is 286 g/mol. The van der Waals surface area contributed by atoms with Crippen molar-refractivity contribution >= 4 is 28.8 Å². The third kappa shape index (κ3) is 3.80. The summed E-state index contributed by atoms with van der Waals surface area (Å²) in [5.74, 6) is -0.0264. The third-order valence-electron chi connectivity index (χ3n) is 2.71. The van der Waals surface area contributed by atoms with Gasteiger partial charge in [-0.1, -0.05) is 36.5 Å². The third-order valence-corrected chi connectivity index (χ3v) is 2.94.